The maximum Gasteiger partial charge on any atom is 0.142 e. The SMILES string of the molecule is CC(C)(C)C(CCCl)NCc1ccc(Cl)c(F)c1. The van der Waals surface area contributed by atoms with Gasteiger partial charge < -0.3 is 5.32 Å². The molecule has 0 saturated heterocycles. The number of alkyl halides is 1. The van der Waals surface area contributed by atoms with Gasteiger partial charge in [0, 0.05) is 18.5 Å². The van der Waals surface area contributed by atoms with E-state index in [2.05, 4.69) is 26.1 Å². The minimum atomic E-state index is -0.374. The summed E-state index contributed by atoms with van der Waals surface area (Å²) in [6.07, 6.45) is 0.890. The molecule has 4 heteroatoms. The Morgan fingerprint density at radius 1 is 1.33 bits per heavy atom. The van der Waals surface area contributed by atoms with Crippen LogP contribution in [0, 0.1) is 11.2 Å². The first kappa shape index (κ1) is 15.7. The van der Waals surface area contributed by atoms with E-state index >= 15 is 0 Å². The maximum absolute atomic E-state index is 13.3. The highest BCUT2D eigenvalue weighted by Crippen LogP contribution is 2.23. The molecule has 102 valence electrons. The number of benzene rings is 1. The van der Waals surface area contributed by atoms with Crippen LogP contribution in [-0.4, -0.2) is 11.9 Å². The highest BCUT2D eigenvalue weighted by Gasteiger charge is 2.23. The molecule has 0 aliphatic rings. The van der Waals surface area contributed by atoms with Crippen LogP contribution in [0.2, 0.25) is 5.02 Å². The molecule has 0 heterocycles. The lowest BCUT2D eigenvalue weighted by molar-refractivity contribution is 0.260. The second kappa shape index (κ2) is 6.74. The number of halogens is 3. The number of rotatable bonds is 5. The van der Waals surface area contributed by atoms with Gasteiger partial charge in [-0.3, -0.25) is 0 Å². The maximum atomic E-state index is 13.3. The molecule has 0 aromatic heterocycles. The molecule has 0 spiro atoms. The van der Waals surface area contributed by atoms with E-state index in [0.717, 1.165) is 12.0 Å². The molecular weight excluding hydrogens is 272 g/mol. The second-order valence-corrected chi connectivity index (χ2v) is 6.31. The Bertz CT molecular complexity index is 388. The summed E-state index contributed by atoms with van der Waals surface area (Å²) in [6.45, 7) is 7.12. The van der Waals surface area contributed by atoms with Gasteiger partial charge in [0.05, 0.1) is 5.02 Å². The molecular formula is C14H20Cl2FN. The van der Waals surface area contributed by atoms with Crippen LogP contribution in [0.3, 0.4) is 0 Å². The smallest absolute Gasteiger partial charge is 0.142 e. The van der Waals surface area contributed by atoms with Crippen molar-refractivity contribution in [1.82, 2.24) is 5.32 Å². The minimum absolute atomic E-state index is 0.125. The first-order chi connectivity index (χ1) is 8.34. The first-order valence-electron chi connectivity index (χ1n) is 6.08. The van der Waals surface area contributed by atoms with Gasteiger partial charge in [0.1, 0.15) is 5.82 Å². The molecule has 1 rings (SSSR count). The van der Waals surface area contributed by atoms with Crippen LogP contribution in [0.4, 0.5) is 4.39 Å². The third-order valence-corrected chi connectivity index (χ3v) is 3.50. The normalized spacial score (nSPS) is 13.7. The fraction of sp³-hybridized carbons (Fsp3) is 0.571. The predicted molar refractivity (Wildman–Crippen MR) is 76.8 cm³/mol. The quantitative estimate of drug-likeness (QED) is 0.781. The lowest BCUT2D eigenvalue weighted by Crippen LogP contribution is -2.40. The van der Waals surface area contributed by atoms with E-state index in [1.54, 1.807) is 6.07 Å². The number of hydrogen-bond donors (Lipinski definition) is 1. The Morgan fingerprint density at radius 2 is 2.00 bits per heavy atom. The molecule has 1 unspecified atom stereocenters. The van der Waals surface area contributed by atoms with Crippen molar-refractivity contribution in [2.75, 3.05) is 5.88 Å². The Morgan fingerprint density at radius 3 is 2.50 bits per heavy atom. The van der Waals surface area contributed by atoms with Crippen LogP contribution < -0.4 is 5.32 Å². The summed E-state index contributed by atoms with van der Waals surface area (Å²) in [4.78, 5) is 0. The molecule has 0 radical (unpaired) electrons. The standard InChI is InChI=1S/C14H20Cl2FN/c1-14(2,3)13(6-7-15)18-9-10-4-5-11(16)12(17)8-10/h4-5,8,13,18H,6-7,9H2,1-3H3. The Balaban J connectivity index is 2.64. The van der Waals surface area contributed by atoms with Gasteiger partial charge in [-0.05, 0) is 29.5 Å². The van der Waals surface area contributed by atoms with E-state index in [1.807, 2.05) is 6.07 Å². The molecule has 0 fully saturated rings. The summed E-state index contributed by atoms with van der Waals surface area (Å²) in [6, 6.07) is 5.18. The van der Waals surface area contributed by atoms with E-state index in [9.17, 15) is 4.39 Å². The van der Waals surface area contributed by atoms with Crippen LogP contribution in [0.5, 0.6) is 0 Å². The largest absolute Gasteiger partial charge is 0.309 e. The summed E-state index contributed by atoms with van der Waals surface area (Å²) in [5.74, 6) is 0.241. The summed E-state index contributed by atoms with van der Waals surface area (Å²) in [5.41, 5.74) is 1.01. The van der Waals surface area contributed by atoms with E-state index in [-0.39, 0.29) is 16.3 Å². The zero-order chi connectivity index (χ0) is 13.8. The third-order valence-electron chi connectivity index (χ3n) is 2.98. The summed E-state index contributed by atoms with van der Waals surface area (Å²) in [5, 5.41) is 3.59. The van der Waals surface area contributed by atoms with Gasteiger partial charge in [0.2, 0.25) is 0 Å². The lowest BCUT2D eigenvalue weighted by Gasteiger charge is -2.31. The molecule has 0 saturated carbocycles. The van der Waals surface area contributed by atoms with Crippen molar-refractivity contribution in [3.05, 3.63) is 34.6 Å². The van der Waals surface area contributed by atoms with Crippen LogP contribution in [0.15, 0.2) is 18.2 Å². The fourth-order valence-corrected chi connectivity index (χ4v) is 2.18. The average Bonchev–Trinajstić information content (AvgIpc) is 2.27. The van der Waals surface area contributed by atoms with Crippen molar-refractivity contribution < 1.29 is 4.39 Å². The summed E-state index contributed by atoms with van der Waals surface area (Å²) >= 11 is 11.5. The molecule has 0 bridgehead atoms. The highest BCUT2D eigenvalue weighted by atomic mass is 35.5. The van der Waals surface area contributed by atoms with E-state index in [1.165, 1.54) is 6.07 Å². The summed E-state index contributed by atoms with van der Waals surface area (Å²) < 4.78 is 13.3. The summed E-state index contributed by atoms with van der Waals surface area (Å²) in [7, 11) is 0. The van der Waals surface area contributed by atoms with Gasteiger partial charge in [-0.25, -0.2) is 4.39 Å². The van der Waals surface area contributed by atoms with Crippen molar-refractivity contribution in [2.24, 2.45) is 5.41 Å². The first-order valence-corrected chi connectivity index (χ1v) is 6.99. The predicted octanol–water partition coefficient (Wildman–Crippen LogP) is 4.61. The molecule has 1 N–H and O–H groups in total. The van der Waals surface area contributed by atoms with E-state index in [4.69, 9.17) is 23.2 Å². The van der Waals surface area contributed by atoms with Crippen LogP contribution in [-0.2, 0) is 6.54 Å². The zero-order valence-electron chi connectivity index (χ0n) is 11.1. The Hall–Kier alpha value is -0.310. The Labute approximate surface area is 119 Å². The topological polar surface area (TPSA) is 12.0 Å². The molecule has 18 heavy (non-hydrogen) atoms. The van der Waals surface area contributed by atoms with Gasteiger partial charge in [-0.2, -0.15) is 0 Å². The molecule has 0 aliphatic carbocycles. The monoisotopic (exact) mass is 291 g/mol. The van der Waals surface area contributed by atoms with Crippen LogP contribution in [0.1, 0.15) is 32.8 Å². The van der Waals surface area contributed by atoms with Gasteiger partial charge in [0.15, 0.2) is 0 Å². The molecule has 1 aromatic carbocycles. The van der Waals surface area contributed by atoms with E-state index in [0.29, 0.717) is 18.5 Å². The number of hydrogen-bond acceptors (Lipinski definition) is 1. The van der Waals surface area contributed by atoms with Crippen LogP contribution in [0.25, 0.3) is 0 Å². The lowest BCUT2D eigenvalue weighted by atomic mass is 9.85. The van der Waals surface area contributed by atoms with Gasteiger partial charge in [-0.1, -0.05) is 38.4 Å². The molecule has 0 amide bonds. The van der Waals surface area contributed by atoms with Crippen molar-refractivity contribution in [3.63, 3.8) is 0 Å². The zero-order valence-corrected chi connectivity index (χ0v) is 12.6. The third kappa shape index (κ3) is 4.75. The number of nitrogens with one attached hydrogen (secondary N) is 1. The van der Waals surface area contributed by atoms with E-state index < -0.39 is 0 Å². The molecule has 0 aliphatic heterocycles. The minimum Gasteiger partial charge on any atom is -0.309 e. The highest BCUT2D eigenvalue weighted by molar-refractivity contribution is 6.30. The van der Waals surface area contributed by atoms with Gasteiger partial charge in [-0.15, -0.1) is 11.6 Å². The molecule has 1 nitrogen and oxygen atoms in total. The Kier molecular flexibility index (Phi) is 5.90. The van der Waals surface area contributed by atoms with Crippen molar-refractivity contribution in [1.29, 1.82) is 0 Å². The fourth-order valence-electron chi connectivity index (χ4n) is 1.84. The average molecular weight is 292 g/mol. The molecule has 1 aromatic rings. The van der Waals surface area contributed by atoms with Gasteiger partial charge >= 0.3 is 0 Å². The van der Waals surface area contributed by atoms with Gasteiger partial charge in [0.25, 0.3) is 0 Å². The molecule has 1 atom stereocenters. The van der Waals surface area contributed by atoms with Crippen molar-refractivity contribution in [2.45, 2.75) is 39.8 Å². The second-order valence-electron chi connectivity index (χ2n) is 5.53. The van der Waals surface area contributed by atoms with Crippen molar-refractivity contribution >= 4 is 23.2 Å². The van der Waals surface area contributed by atoms with Crippen molar-refractivity contribution in [3.8, 4) is 0 Å². The van der Waals surface area contributed by atoms with Crippen LogP contribution >= 0.6 is 23.2 Å².